The molecule has 1 fully saturated rings. The highest BCUT2D eigenvalue weighted by atomic mass is 19.4. The topological polar surface area (TPSA) is 26.0 Å². The van der Waals surface area contributed by atoms with Gasteiger partial charge in [0.05, 0.1) is 6.42 Å². The summed E-state index contributed by atoms with van der Waals surface area (Å²) in [5.41, 5.74) is 5.35. The summed E-state index contributed by atoms with van der Waals surface area (Å²) in [7, 11) is 0. The summed E-state index contributed by atoms with van der Waals surface area (Å²) in [6.45, 7) is 0. The lowest BCUT2D eigenvalue weighted by atomic mass is 9.79. The maximum atomic E-state index is 11.7. The summed E-state index contributed by atoms with van der Waals surface area (Å²) >= 11 is 0. The fourth-order valence-electron chi connectivity index (χ4n) is 1.30. The average Bonchev–Trinajstić information content (AvgIpc) is 1.50. The van der Waals surface area contributed by atoms with Crippen LogP contribution in [0.4, 0.5) is 13.2 Å². The monoisotopic (exact) mass is 167 g/mol. The van der Waals surface area contributed by atoms with Crippen molar-refractivity contribution in [3.8, 4) is 0 Å². The van der Waals surface area contributed by atoms with Crippen LogP contribution in [0.5, 0.6) is 0 Å². The Balaban J connectivity index is 2.24. The number of hydrogen-bond acceptors (Lipinski definition) is 1. The van der Waals surface area contributed by atoms with Gasteiger partial charge >= 0.3 is 6.18 Å². The van der Waals surface area contributed by atoms with Gasteiger partial charge in [0, 0.05) is 6.04 Å². The van der Waals surface area contributed by atoms with Crippen molar-refractivity contribution in [1.29, 1.82) is 0 Å². The SMILES string of the molecule is N[C@@H](CC(F)(F)F)C1CCC1. The van der Waals surface area contributed by atoms with Crippen LogP contribution in [0.25, 0.3) is 0 Å². The molecule has 0 amide bonds. The van der Waals surface area contributed by atoms with Gasteiger partial charge in [-0.3, -0.25) is 0 Å². The van der Waals surface area contributed by atoms with Gasteiger partial charge in [0.2, 0.25) is 0 Å². The predicted molar refractivity (Wildman–Crippen MR) is 36.0 cm³/mol. The number of alkyl halides is 3. The average molecular weight is 167 g/mol. The fraction of sp³-hybridized carbons (Fsp3) is 1.00. The van der Waals surface area contributed by atoms with Gasteiger partial charge in [0.1, 0.15) is 0 Å². The first-order valence-corrected chi connectivity index (χ1v) is 3.81. The van der Waals surface area contributed by atoms with Crippen LogP contribution in [-0.2, 0) is 0 Å². The molecule has 1 aliphatic rings. The molecule has 0 bridgehead atoms. The maximum absolute atomic E-state index is 11.7. The van der Waals surface area contributed by atoms with Crippen molar-refractivity contribution in [2.75, 3.05) is 0 Å². The van der Waals surface area contributed by atoms with Gasteiger partial charge in [-0.2, -0.15) is 13.2 Å². The molecule has 0 radical (unpaired) electrons. The van der Waals surface area contributed by atoms with Crippen LogP contribution >= 0.6 is 0 Å². The lowest BCUT2D eigenvalue weighted by Gasteiger charge is -2.31. The van der Waals surface area contributed by atoms with Crippen molar-refractivity contribution in [3.63, 3.8) is 0 Å². The second kappa shape index (κ2) is 3.01. The van der Waals surface area contributed by atoms with Crippen molar-refractivity contribution in [2.45, 2.75) is 37.9 Å². The van der Waals surface area contributed by atoms with E-state index < -0.39 is 18.6 Å². The van der Waals surface area contributed by atoms with E-state index in [1.54, 1.807) is 0 Å². The second-order valence-electron chi connectivity index (χ2n) is 3.17. The number of nitrogens with two attached hydrogens (primary N) is 1. The van der Waals surface area contributed by atoms with Gasteiger partial charge in [-0.05, 0) is 18.8 Å². The lowest BCUT2D eigenvalue weighted by Crippen LogP contribution is -2.38. The largest absolute Gasteiger partial charge is 0.390 e. The zero-order chi connectivity index (χ0) is 8.48. The smallest absolute Gasteiger partial charge is 0.327 e. The first-order chi connectivity index (χ1) is 4.99. The van der Waals surface area contributed by atoms with Crippen LogP contribution in [0.3, 0.4) is 0 Å². The maximum Gasteiger partial charge on any atom is 0.390 e. The van der Waals surface area contributed by atoms with Crippen molar-refractivity contribution in [3.05, 3.63) is 0 Å². The molecule has 0 aliphatic heterocycles. The molecule has 1 rings (SSSR count). The Morgan fingerprint density at radius 1 is 1.36 bits per heavy atom. The summed E-state index contributed by atoms with van der Waals surface area (Å²) in [5.74, 6) is 0.122. The zero-order valence-electron chi connectivity index (χ0n) is 6.19. The van der Waals surface area contributed by atoms with Gasteiger partial charge in [0.15, 0.2) is 0 Å². The Morgan fingerprint density at radius 2 is 1.91 bits per heavy atom. The van der Waals surface area contributed by atoms with E-state index in [4.69, 9.17) is 5.73 Å². The highest BCUT2D eigenvalue weighted by Gasteiger charge is 2.35. The van der Waals surface area contributed by atoms with Crippen molar-refractivity contribution in [2.24, 2.45) is 11.7 Å². The molecular formula is C7H12F3N. The predicted octanol–water partition coefficient (Wildman–Crippen LogP) is 2.07. The zero-order valence-corrected chi connectivity index (χ0v) is 6.19. The Bertz CT molecular complexity index is 128. The molecule has 0 aromatic heterocycles. The molecule has 2 N–H and O–H groups in total. The molecule has 1 aliphatic carbocycles. The highest BCUT2D eigenvalue weighted by molar-refractivity contribution is 4.81. The summed E-state index contributed by atoms with van der Waals surface area (Å²) in [5, 5.41) is 0. The van der Waals surface area contributed by atoms with E-state index in [1.807, 2.05) is 0 Å². The molecule has 0 unspecified atom stereocenters. The second-order valence-corrected chi connectivity index (χ2v) is 3.17. The van der Waals surface area contributed by atoms with Gasteiger partial charge in [0.25, 0.3) is 0 Å². The van der Waals surface area contributed by atoms with Gasteiger partial charge in [-0.15, -0.1) is 0 Å². The lowest BCUT2D eigenvalue weighted by molar-refractivity contribution is -0.142. The molecule has 0 heterocycles. The van der Waals surface area contributed by atoms with Crippen molar-refractivity contribution >= 4 is 0 Å². The Labute approximate surface area is 63.8 Å². The van der Waals surface area contributed by atoms with E-state index in [-0.39, 0.29) is 5.92 Å². The Morgan fingerprint density at radius 3 is 2.18 bits per heavy atom. The van der Waals surface area contributed by atoms with Crippen molar-refractivity contribution < 1.29 is 13.2 Å². The summed E-state index contributed by atoms with van der Waals surface area (Å²) in [6, 6.07) is -0.663. The Hall–Kier alpha value is -0.250. The quantitative estimate of drug-likeness (QED) is 0.669. The number of rotatable bonds is 2. The van der Waals surface area contributed by atoms with E-state index in [0.29, 0.717) is 0 Å². The molecule has 0 aromatic rings. The van der Waals surface area contributed by atoms with Crippen LogP contribution in [0.2, 0.25) is 0 Å². The van der Waals surface area contributed by atoms with Crippen LogP contribution in [0, 0.1) is 5.92 Å². The molecule has 1 saturated carbocycles. The third-order valence-electron chi connectivity index (χ3n) is 2.22. The molecule has 66 valence electrons. The fourth-order valence-corrected chi connectivity index (χ4v) is 1.30. The van der Waals surface area contributed by atoms with Crippen molar-refractivity contribution in [1.82, 2.24) is 0 Å². The molecule has 0 saturated heterocycles. The first kappa shape index (κ1) is 8.84. The summed E-state index contributed by atoms with van der Waals surface area (Å²) < 4.78 is 35.2. The molecule has 1 nitrogen and oxygen atoms in total. The van der Waals surface area contributed by atoms with Gasteiger partial charge < -0.3 is 5.73 Å². The molecule has 1 atom stereocenters. The first-order valence-electron chi connectivity index (χ1n) is 3.81. The van der Waals surface area contributed by atoms with Crippen LogP contribution in [0.1, 0.15) is 25.7 Å². The molecule has 0 spiro atoms. The van der Waals surface area contributed by atoms with E-state index in [0.717, 1.165) is 19.3 Å². The van der Waals surface area contributed by atoms with Gasteiger partial charge in [-0.1, -0.05) is 6.42 Å². The minimum absolute atomic E-state index is 0.122. The molecule has 0 aromatic carbocycles. The minimum atomic E-state index is -4.09. The van der Waals surface area contributed by atoms with Crippen LogP contribution in [-0.4, -0.2) is 12.2 Å². The summed E-state index contributed by atoms with van der Waals surface area (Å²) in [4.78, 5) is 0. The summed E-state index contributed by atoms with van der Waals surface area (Å²) in [6.07, 6.45) is -2.13. The third kappa shape index (κ3) is 2.69. The van der Waals surface area contributed by atoms with E-state index >= 15 is 0 Å². The van der Waals surface area contributed by atoms with Crippen LogP contribution in [0.15, 0.2) is 0 Å². The third-order valence-corrected chi connectivity index (χ3v) is 2.22. The standard InChI is InChI=1S/C7H12F3N/c8-7(9,10)4-6(11)5-2-1-3-5/h5-6H,1-4,11H2/t6-/m0/s1. The van der Waals surface area contributed by atoms with Crippen LogP contribution < -0.4 is 5.73 Å². The van der Waals surface area contributed by atoms with E-state index in [1.165, 1.54) is 0 Å². The van der Waals surface area contributed by atoms with E-state index in [9.17, 15) is 13.2 Å². The van der Waals surface area contributed by atoms with E-state index in [2.05, 4.69) is 0 Å². The molecule has 4 heteroatoms. The highest BCUT2D eigenvalue weighted by Crippen LogP contribution is 2.33. The Kier molecular flexibility index (Phi) is 2.42. The normalized spacial score (nSPS) is 22.9. The molecular weight excluding hydrogens is 155 g/mol. The molecule has 11 heavy (non-hydrogen) atoms. The number of hydrogen-bond donors (Lipinski definition) is 1. The van der Waals surface area contributed by atoms with Gasteiger partial charge in [-0.25, -0.2) is 0 Å². The number of halogens is 3. The minimum Gasteiger partial charge on any atom is -0.327 e.